The fourth-order valence-electron chi connectivity index (χ4n) is 7.57. The van der Waals surface area contributed by atoms with Crippen molar-refractivity contribution < 1.29 is 0 Å². The summed E-state index contributed by atoms with van der Waals surface area (Å²) < 4.78 is 0. The second-order valence-corrected chi connectivity index (χ2v) is 12.8. The molecule has 0 N–H and O–H groups in total. The largest absolute Gasteiger partial charge is 0.208 e. The summed E-state index contributed by atoms with van der Waals surface area (Å²) in [6.07, 6.45) is 0. The zero-order valence-corrected chi connectivity index (χ0v) is 27.1. The van der Waals surface area contributed by atoms with Crippen molar-refractivity contribution in [3.63, 3.8) is 0 Å². The molecule has 10 rings (SSSR count). The third-order valence-electron chi connectivity index (χ3n) is 9.90. The normalized spacial score (nSPS) is 11.6. The quantitative estimate of drug-likeness (QED) is 0.189. The molecule has 3 nitrogen and oxygen atoms in total. The summed E-state index contributed by atoms with van der Waals surface area (Å²) in [4.78, 5) is 14.8. The molecule has 0 spiro atoms. The molecule has 232 valence electrons. The zero-order valence-electron chi connectivity index (χ0n) is 27.1. The minimum atomic E-state index is 0.648. The van der Waals surface area contributed by atoms with Crippen LogP contribution >= 0.6 is 0 Å². The van der Waals surface area contributed by atoms with Crippen molar-refractivity contribution in [2.24, 2.45) is 0 Å². The first-order valence-corrected chi connectivity index (χ1v) is 17.0. The van der Waals surface area contributed by atoms with E-state index in [9.17, 15) is 0 Å². The highest BCUT2D eigenvalue weighted by Gasteiger charge is 2.23. The van der Waals surface area contributed by atoms with Crippen LogP contribution in [0.25, 0.3) is 100 Å². The van der Waals surface area contributed by atoms with Crippen LogP contribution in [0.4, 0.5) is 0 Å². The van der Waals surface area contributed by atoms with E-state index in [0.29, 0.717) is 17.5 Å². The van der Waals surface area contributed by atoms with Crippen molar-refractivity contribution in [3.8, 4) is 78.7 Å². The highest BCUT2D eigenvalue weighted by molar-refractivity contribution is 6.20. The molecule has 1 heterocycles. The number of rotatable bonds is 5. The molecular weight excluding hydrogens is 607 g/mol. The molecule has 1 aromatic heterocycles. The molecule has 0 bridgehead atoms. The molecule has 0 saturated heterocycles. The molecule has 0 atom stereocenters. The van der Waals surface area contributed by atoms with Crippen LogP contribution in [-0.4, -0.2) is 15.0 Å². The van der Waals surface area contributed by atoms with Gasteiger partial charge in [-0.05, 0) is 66.1 Å². The summed E-state index contributed by atoms with van der Waals surface area (Å²) in [5.41, 5.74) is 12.9. The summed E-state index contributed by atoms with van der Waals surface area (Å²) in [6, 6.07) is 62.3. The maximum atomic E-state index is 4.97. The molecule has 8 aromatic carbocycles. The van der Waals surface area contributed by atoms with Gasteiger partial charge in [-0.1, -0.05) is 176 Å². The topological polar surface area (TPSA) is 38.7 Å². The van der Waals surface area contributed by atoms with Crippen LogP contribution in [0.15, 0.2) is 176 Å². The standard InChI is InChI=1S/C47H29N3/c1-3-13-32(14-4-1)45-48-46(33-15-5-2-6-16-33)50-47(49-45)34-24-22-31(23-25-34)43-35-17-8-7-12-30(35)26-27-41(43)38-28-29-42-37-19-10-9-18-36(37)39-20-11-21-40(38)44(39)42/h1-29H. The average Bonchev–Trinajstić information content (AvgIpc) is 3.53. The molecule has 0 unspecified atom stereocenters. The maximum Gasteiger partial charge on any atom is 0.164 e. The SMILES string of the molecule is c1ccc(-c2nc(-c3ccccc3)nc(-c3ccc(-c4c(-c5ccc6c7c(cccc57)-c5ccccc5-6)ccc5ccccc45)cc3)n2)cc1. The zero-order chi connectivity index (χ0) is 33.0. The van der Waals surface area contributed by atoms with E-state index in [4.69, 9.17) is 15.0 Å². The Labute approximate surface area is 290 Å². The van der Waals surface area contributed by atoms with Gasteiger partial charge in [-0.25, -0.2) is 15.0 Å². The first kappa shape index (κ1) is 28.3. The van der Waals surface area contributed by atoms with Gasteiger partial charge in [0.15, 0.2) is 17.5 Å². The summed E-state index contributed by atoms with van der Waals surface area (Å²) in [5, 5.41) is 5.05. The first-order chi connectivity index (χ1) is 24.8. The molecule has 0 fully saturated rings. The van der Waals surface area contributed by atoms with E-state index < -0.39 is 0 Å². The van der Waals surface area contributed by atoms with Crippen molar-refractivity contribution in [2.45, 2.75) is 0 Å². The highest BCUT2D eigenvalue weighted by Crippen LogP contribution is 2.50. The van der Waals surface area contributed by atoms with Gasteiger partial charge in [0.05, 0.1) is 0 Å². The molecule has 0 saturated carbocycles. The van der Waals surface area contributed by atoms with Gasteiger partial charge in [-0.15, -0.1) is 0 Å². The van der Waals surface area contributed by atoms with Gasteiger partial charge in [0.2, 0.25) is 0 Å². The second kappa shape index (κ2) is 11.5. The van der Waals surface area contributed by atoms with Crippen molar-refractivity contribution >= 4 is 21.5 Å². The summed E-state index contributed by atoms with van der Waals surface area (Å²) >= 11 is 0. The lowest BCUT2D eigenvalue weighted by Gasteiger charge is -2.17. The third kappa shape index (κ3) is 4.56. The summed E-state index contributed by atoms with van der Waals surface area (Å²) in [6.45, 7) is 0. The van der Waals surface area contributed by atoms with Crippen LogP contribution in [0.1, 0.15) is 0 Å². The van der Waals surface area contributed by atoms with E-state index in [-0.39, 0.29) is 0 Å². The van der Waals surface area contributed by atoms with E-state index in [1.807, 2.05) is 60.7 Å². The third-order valence-corrected chi connectivity index (χ3v) is 9.90. The first-order valence-electron chi connectivity index (χ1n) is 17.0. The monoisotopic (exact) mass is 635 g/mol. The van der Waals surface area contributed by atoms with Crippen LogP contribution in [-0.2, 0) is 0 Å². The van der Waals surface area contributed by atoms with Crippen LogP contribution in [0.3, 0.4) is 0 Å². The van der Waals surface area contributed by atoms with Crippen molar-refractivity contribution in [3.05, 3.63) is 176 Å². The fourth-order valence-corrected chi connectivity index (χ4v) is 7.57. The van der Waals surface area contributed by atoms with Gasteiger partial charge in [0.1, 0.15) is 0 Å². The average molecular weight is 636 g/mol. The number of hydrogen-bond acceptors (Lipinski definition) is 3. The number of benzene rings is 8. The van der Waals surface area contributed by atoms with E-state index in [1.165, 1.54) is 60.5 Å². The summed E-state index contributed by atoms with van der Waals surface area (Å²) in [7, 11) is 0. The Kier molecular flexibility index (Phi) is 6.49. The molecular formula is C47H29N3. The lowest BCUT2D eigenvalue weighted by Crippen LogP contribution is -2.00. The predicted octanol–water partition coefficient (Wildman–Crippen LogP) is 12.2. The van der Waals surface area contributed by atoms with Gasteiger partial charge in [0, 0.05) is 16.7 Å². The number of nitrogens with zero attached hydrogens (tertiary/aromatic N) is 3. The van der Waals surface area contributed by atoms with Gasteiger partial charge >= 0.3 is 0 Å². The summed E-state index contributed by atoms with van der Waals surface area (Å²) in [5.74, 6) is 1.96. The van der Waals surface area contributed by atoms with Crippen LogP contribution in [0, 0.1) is 0 Å². The molecule has 9 aromatic rings. The Hall–Kier alpha value is -6.71. The van der Waals surface area contributed by atoms with Crippen molar-refractivity contribution in [2.75, 3.05) is 0 Å². The molecule has 0 radical (unpaired) electrons. The molecule has 50 heavy (non-hydrogen) atoms. The fraction of sp³-hybridized carbons (Fsp3) is 0. The molecule has 0 aliphatic heterocycles. The Balaban J connectivity index is 1.14. The predicted molar refractivity (Wildman–Crippen MR) is 206 cm³/mol. The van der Waals surface area contributed by atoms with Gasteiger partial charge in [0.25, 0.3) is 0 Å². The van der Waals surface area contributed by atoms with E-state index >= 15 is 0 Å². The van der Waals surface area contributed by atoms with E-state index in [1.54, 1.807) is 0 Å². The van der Waals surface area contributed by atoms with Crippen LogP contribution in [0.5, 0.6) is 0 Å². The van der Waals surface area contributed by atoms with Crippen molar-refractivity contribution in [1.29, 1.82) is 0 Å². The Morgan fingerprint density at radius 3 is 1.38 bits per heavy atom. The van der Waals surface area contributed by atoms with Gasteiger partial charge < -0.3 is 0 Å². The van der Waals surface area contributed by atoms with E-state index in [0.717, 1.165) is 22.3 Å². The number of fused-ring (bicyclic) bond motifs is 4. The van der Waals surface area contributed by atoms with Crippen LogP contribution in [0.2, 0.25) is 0 Å². The van der Waals surface area contributed by atoms with Gasteiger partial charge in [-0.3, -0.25) is 0 Å². The van der Waals surface area contributed by atoms with E-state index in [2.05, 4.69) is 115 Å². The Morgan fingerprint density at radius 1 is 0.260 bits per heavy atom. The number of aromatic nitrogens is 3. The number of hydrogen-bond donors (Lipinski definition) is 0. The van der Waals surface area contributed by atoms with Gasteiger partial charge in [-0.2, -0.15) is 0 Å². The molecule has 1 aliphatic rings. The molecule has 3 heteroatoms. The van der Waals surface area contributed by atoms with Crippen LogP contribution < -0.4 is 0 Å². The Morgan fingerprint density at radius 2 is 0.720 bits per heavy atom. The lowest BCUT2D eigenvalue weighted by atomic mass is 9.86. The second-order valence-electron chi connectivity index (χ2n) is 12.8. The maximum absolute atomic E-state index is 4.97. The molecule has 1 aliphatic carbocycles. The molecule has 0 amide bonds. The minimum absolute atomic E-state index is 0.648. The highest BCUT2D eigenvalue weighted by atomic mass is 15.0. The lowest BCUT2D eigenvalue weighted by molar-refractivity contribution is 1.07. The smallest absolute Gasteiger partial charge is 0.164 e. The Bertz CT molecular complexity index is 2650. The van der Waals surface area contributed by atoms with Crippen molar-refractivity contribution in [1.82, 2.24) is 15.0 Å². The minimum Gasteiger partial charge on any atom is -0.208 e.